The molecule has 0 unspecified atom stereocenters. The van der Waals surface area contributed by atoms with Crippen LogP contribution in [0.3, 0.4) is 0 Å². The van der Waals surface area contributed by atoms with Crippen LogP contribution in [0.15, 0.2) is 23.1 Å². The molecule has 1 saturated heterocycles. The Hall–Kier alpha value is -1.16. The molecule has 0 bridgehead atoms. The first kappa shape index (κ1) is 19.6. The number of hydrogen-bond donors (Lipinski definition) is 1. The predicted octanol–water partition coefficient (Wildman–Crippen LogP) is 1.49. The Balaban J connectivity index is 1.59. The summed E-state index contributed by atoms with van der Waals surface area (Å²) >= 11 is 0. The number of nitrogens with zero attached hydrogens (tertiary/aromatic N) is 1. The van der Waals surface area contributed by atoms with Crippen molar-refractivity contribution in [1.82, 2.24) is 9.03 Å². The number of hydrogen-bond acceptors (Lipinski definition) is 5. The fourth-order valence-corrected chi connectivity index (χ4v) is 6.48. The Kier molecular flexibility index (Phi) is 5.62. The van der Waals surface area contributed by atoms with Gasteiger partial charge in [0.05, 0.1) is 12.4 Å². The van der Waals surface area contributed by atoms with E-state index in [2.05, 4.69) is 4.72 Å². The number of piperidine rings is 1. The third-order valence-electron chi connectivity index (χ3n) is 5.05. The van der Waals surface area contributed by atoms with Gasteiger partial charge in [-0.25, -0.2) is 25.9 Å². The molecule has 146 valence electrons. The van der Waals surface area contributed by atoms with Gasteiger partial charge >= 0.3 is 0 Å². The van der Waals surface area contributed by atoms with E-state index in [-0.39, 0.29) is 16.1 Å². The molecule has 0 spiro atoms. The number of rotatable bonds is 7. The largest absolute Gasteiger partial charge is 0.495 e. The first-order valence-electron chi connectivity index (χ1n) is 8.87. The lowest BCUT2D eigenvalue weighted by Gasteiger charge is -2.31. The second-order valence-corrected chi connectivity index (χ2v) is 11.0. The summed E-state index contributed by atoms with van der Waals surface area (Å²) in [6, 6.07) is 5.03. The van der Waals surface area contributed by atoms with Gasteiger partial charge in [0.15, 0.2) is 0 Å². The van der Waals surface area contributed by atoms with Gasteiger partial charge < -0.3 is 4.74 Å². The number of aryl methyl sites for hydroxylation is 1. The molecule has 1 aliphatic carbocycles. The lowest BCUT2D eigenvalue weighted by molar-refractivity contribution is 0.274. The quantitative estimate of drug-likeness (QED) is 0.746. The number of nitrogens with one attached hydrogen (secondary N) is 1. The number of ether oxygens (including phenoxy) is 1. The molecule has 0 atom stereocenters. The number of sulfonamides is 2. The SMILES string of the molecule is COc1ccc(C)cc1S(=O)(=O)NCC1CCN(S(=O)(=O)C2CC2)CC1. The highest BCUT2D eigenvalue weighted by molar-refractivity contribution is 7.90. The van der Waals surface area contributed by atoms with Crippen molar-refractivity contribution in [3.8, 4) is 5.75 Å². The lowest BCUT2D eigenvalue weighted by Crippen LogP contribution is -2.42. The van der Waals surface area contributed by atoms with Crippen molar-refractivity contribution in [2.24, 2.45) is 5.92 Å². The van der Waals surface area contributed by atoms with Gasteiger partial charge in [0, 0.05) is 19.6 Å². The maximum atomic E-state index is 12.6. The zero-order valence-electron chi connectivity index (χ0n) is 15.1. The Labute approximate surface area is 155 Å². The van der Waals surface area contributed by atoms with Gasteiger partial charge in [0.25, 0.3) is 0 Å². The summed E-state index contributed by atoms with van der Waals surface area (Å²) in [6.07, 6.45) is 2.86. The summed E-state index contributed by atoms with van der Waals surface area (Å²) in [6.45, 7) is 3.07. The normalized spacial score (nSPS) is 20.2. The average Bonchev–Trinajstić information content (AvgIpc) is 3.46. The van der Waals surface area contributed by atoms with Gasteiger partial charge in [-0.15, -0.1) is 0 Å². The molecule has 7 nitrogen and oxygen atoms in total. The summed E-state index contributed by atoms with van der Waals surface area (Å²) in [7, 11) is -5.37. The van der Waals surface area contributed by atoms with Gasteiger partial charge in [0.1, 0.15) is 10.6 Å². The molecule has 2 fully saturated rings. The number of methoxy groups -OCH3 is 1. The lowest BCUT2D eigenvalue weighted by atomic mass is 9.99. The van der Waals surface area contributed by atoms with E-state index in [4.69, 9.17) is 4.74 Å². The summed E-state index contributed by atoms with van der Waals surface area (Å²) < 4.78 is 59.2. The smallest absolute Gasteiger partial charge is 0.244 e. The highest BCUT2D eigenvalue weighted by atomic mass is 32.2. The maximum Gasteiger partial charge on any atom is 0.244 e. The monoisotopic (exact) mass is 402 g/mol. The van der Waals surface area contributed by atoms with Crippen LogP contribution in [-0.2, 0) is 20.0 Å². The molecule has 9 heteroatoms. The van der Waals surface area contributed by atoms with Crippen LogP contribution in [0.2, 0.25) is 0 Å². The van der Waals surface area contributed by atoms with Crippen LogP contribution in [0.1, 0.15) is 31.2 Å². The minimum Gasteiger partial charge on any atom is -0.495 e. The highest BCUT2D eigenvalue weighted by Gasteiger charge is 2.41. The molecule has 1 N–H and O–H groups in total. The van der Waals surface area contributed by atoms with Gasteiger partial charge in [-0.1, -0.05) is 6.07 Å². The zero-order chi connectivity index (χ0) is 18.9. The van der Waals surface area contributed by atoms with Crippen LogP contribution >= 0.6 is 0 Å². The minimum atomic E-state index is -3.68. The van der Waals surface area contributed by atoms with E-state index >= 15 is 0 Å². The van der Waals surface area contributed by atoms with Crippen molar-refractivity contribution in [2.75, 3.05) is 26.7 Å². The highest BCUT2D eigenvalue weighted by Crippen LogP contribution is 2.33. The average molecular weight is 403 g/mol. The second kappa shape index (κ2) is 7.46. The molecule has 1 aromatic carbocycles. The van der Waals surface area contributed by atoms with Crippen LogP contribution in [-0.4, -0.2) is 53.1 Å². The van der Waals surface area contributed by atoms with Crippen LogP contribution in [0.4, 0.5) is 0 Å². The first-order chi connectivity index (χ1) is 12.2. The van der Waals surface area contributed by atoms with Crippen molar-refractivity contribution in [2.45, 2.75) is 42.8 Å². The molecule has 2 aliphatic rings. The van der Waals surface area contributed by atoms with Gasteiger partial charge in [-0.05, 0) is 56.2 Å². The Bertz CT molecular complexity index is 855. The van der Waals surface area contributed by atoms with Crippen molar-refractivity contribution in [3.05, 3.63) is 23.8 Å². The fraction of sp³-hybridized carbons (Fsp3) is 0.647. The van der Waals surface area contributed by atoms with Crippen molar-refractivity contribution in [1.29, 1.82) is 0 Å². The summed E-state index contributed by atoms with van der Waals surface area (Å²) in [5, 5.41) is -0.189. The summed E-state index contributed by atoms with van der Waals surface area (Å²) in [4.78, 5) is 0.133. The van der Waals surface area contributed by atoms with Crippen LogP contribution < -0.4 is 9.46 Å². The third-order valence-corrected chi connectivity index (χ3v) is 8.89. The van der Waals surface area contributed by atoms with E-state index < -0.39 is 20.0 Å². The van der Waals surface area contributed by atoms with E-state index in [1.54, 1.807) is 22.5 Å². The Morgan fingerprint density at radius 1 is 1.12 bits per heavy atom. The molecule has 0 aromatic heterocycles. The Morgan fingerprint density at radius 2 is 1.77 bits per heavy atom. The van der Waals surface area contributed by atoms with E-state index in [1.807, 2.05) is 6.92 Å². The summed E-state index contributed by atoms with van der Waals surface area (Å²) in [5.74, 6) is 0.444. The standard InChI is InChI=1S/C17H26N2O5S2/c1-13-3-6-16(24-2)17(11-13)25(20,21)18-12-14-7-9-19(10-8-14)26(22,23)15-4-5-15/h3,6,11,14-15,18H,4-5,7-10,12H2,1-2H3. The second-order valence-electron chi connectivity index (χ2n) is 7.09. The molecular weight excluding hydrogens is 376 g/mol. The van der Waals surface area contributed by atoms with Crippen LogP contribution in [0, 0.1) is 12.8 Å². The molecular formula is C17H26N2O5S2. The fourth-order valence-electron chi connectivity index (χ4n) is 3.24. The van der Waals surface area contributed by atoms with E-state index in [1.165, 1.54) is 7.11 Å². The van der Waals surface area contributed by atoms with E-state index in [0.29, 0.717) is 38.2 Å². The zero-order valence-corrected chi connectivity index (χ0v) is 16.8. The molecule has 1 heterocycles. The minimum absolute atomic E-state index is 0.131. The summed E-state index contributed by atoms with van der Waals surface area (Å²) in [5.41, 5.74) is 0.838. The first-order valence-corrected chi connectivity index (χ1v) is 11.9. The predicted molar refractivity (Wildman–Crippen MR) is 99.2 cm³/mol. The van der Waals surface area contributed by atoms with Gasteiger partial charge in [-0.2, -0.15) is 0 Å². The topological polar surface area (TPSA) is 92.8 Å². The molecule has 1 saturated carbocycles. The molecule has 26 heavy (non-hydrogen) atoms. The molecule has 0 radical (unpaired) electrons. The Morgan fingerprint density at radius 3 is 2.35 bits per heavy atom. The maximum absolute atomic E-state index is 12.6. The molecule has 3 rings (SSSR count). The van der Waals surface area contributed by atoms with Crippen molar-refractivity contribution < 1.29 is 21.6 Å². The van der Waals surface area contributed by atoms with Crippen molar-refractivity contribution >= 4 is 20.0 Å². The van der Waals surface area contributed by atoms with Crippen LogP contribution in [0.25, 0.3) is 0 Å². The van der Waals surface area contributed by atoms with Crippen LogP contribution in [0.5, 0.6) is 5.75 Å². The third kappa shape index (κ3) is 4.21. The molecule has 0 amide bonds. The van der Waals surface area contributed by atoms with E-state index in [9.17, 15) is 16.8 Å². The van der Waals surface area contributed by atoms with Gasteiger partial charge in [0.2, 0.25) is 20.0 Å². The van der Waals surface area contributed by atoms with Gasteiger partial charge in [-0.3, -0.25) is 0 Å². The molecule has 1 aromatic rings. The van der Waals surface area contributed by atoms with Crippen molar-refractivity contribution in [3.63, 3.8) is 0 Å². The number of benzene rings is 1. The van der Waals surface area contributed by atoms with E-state index in [0.717, 1.165) is 18.4 Å². The molecule has 1 aliphatic heterocycles.